The van der Waals surface area contributed by atoms with Crippen LogP contribution in [0.15, 0.2) is 0 Å². The molecular formula is C13H25N3OS. The van der Waals surface area contributed by atoms with Crippen molar-refractivity contribution in [3.05, 3.63) is 0 Å². The predicted molar refractivity (Wildman–Crippen MR) is 78.5 cm³/mol. The quantitative estimate of drug-likeness (QED) is 0.642. The molecule has 0 saturated heterocycles. The van der Waals surface area contributed by atoms with Crippen LogP contribution in [0, 0.1) is 5.92 Å². The molecule has 0 bridgehead atoms. The van der Waals surface area contributed by atoms with E-state index in [4.69, 9.17) is 12.2 Å². The van der Waals surface area contributed by atoms with Gasteiger partial charge in [0, 0.05) is 25.6 Å². The van der Waals surface area contributed by atoms with Crippen LogP contribution in [-0.2, 0) is 4.79 Å². The molecule has 0 aromatic carbocycles. The van der Waals surface area contributed by atoms with Crippen LogP contribution >= 0.6 is 12.2 Å². The zero-order valence-electron chi connectivity index (χ0n) is 11.4. The highest BCUT2D eigenvalue weighted by molar-refractivity contribution is 7.80. The van der Waals surface area contributed by atoms with Crippen molar-refractivity contribution < 1.29 is 4.79 Å². The van der Waals surface area contributed by atoms with Crippen LogP contribution in [0.1, 0.15) is 46.0 Å². The molecule has 0 aromatic rings. The summed E-state index contributed by atoms with van der Waals surface area (Å²) >= 11 is 5.19. The maximum Gasteiger partial charge on any atom is 0.221 e. The van der Waals surface area contributed by atoms with Gasteiger partial charge in [0.05, 0.1) is 0 Å². The molecule has 1 amide bonds. The fourth-order valence-corrected chi connectivity index (χ4v) is 2.27. The molecule has 104 valence electrons. The number of carbonyl (C=O) groups is 1. The molecular weight excluding hydrogens is 246 g/mol. The Hall–Kier alpha value is -0.840. The number of thiocarbonyl (C=S) groups is 1. The minimum Gasteiger partial charge on any atom is -0.362 e. The second-order valence-electron chi connectivity index (χ2n) is 5.33. The van der Waals surface area contributed by atoms with E-state index in [2.05, 4.69) is 29.8 Å². The Morgan fingerprint density at radius 3 is 2.56 bits per heavy atom. The van der Waals surface area contributed by atoms with Crippen molar-refractivity contribution in [3.8, 4) is 0 Å². The summed E-state index contributed by atoms with van der Waals surface area (Å²) in [4.78, 5) is 11.5. The van der Waals surface area contributed by atoms with Gasteiger partial charge in [0.15, 0.2) is 5.11 Å². The Kier molecular flexibility index (Phi) is 7.01. The van der Waals surface area contributed by atoms with Crippen LogP contribution in [0.3, 0.4) is 0 Å². The first-order chi connectivity index (χ1) is 8.58. The number of nitrogens with one attached hydrogen (secondary N) is 3. The van der Waals surface area contributed by atoms with E-state index in [1.807, 2.05) is 0 Å². The number of hydrogen-bond acceptors (Lipinski definition) is 2. The lowest BCUT2D eigenvalue weighted by molar-refractivity contribution is -0.121. The fourth-order valence-electron chi connectivity index (χ4n) is 2.00. The lowest BCUT2D eigenvalue weighted by Gasteiger charge is -2.15. The van der Waals surface area contributed by atoms with E-state index in [0.717, 1.165) is 6.54 Å². The molecule has 1 aliphatic carbocycles. The summed E-state index contributed by atoms with van der Waals surface area (Å²) in [6.45, 7) is 5.50. The Bertz CT molecular complexity index is 275. The second kappa shape index (κ2) is 8.29. The zero-order valence-corrected chi connectivity index (χ0v) is 12.2. The van der Waals surface area contributed by atoms with E-state index in [0.29, 0.717) is 30.0 Å². The summed E-state index contributed by atoms with van der Waals surface area (Å²) < 4.78 is 0. The molecule has 1 saturated carbocycles. The predicted octanol–water partition coefficient (Wildman–Crippen LogP) is 1.56. The third-order valence-corrected chi connectivity index (χ3v) is 3.30. The molecule has 0 atom stereocenters. The summed E-state index contributed by atoms with van der Waals surface area (Å²) in [5.74, 6) is 0.576. The van der Waals surface area contributed by atoms with Gasteiger partial charge in [0.1, 0.15) is 0 Å². The lowest BCUT2D eigenvalue weighted by Crippen LogP contribution is -2.42. The third kappa shape index (κ3) is 6.79. The normalized spacial score (nSPS) is 15.7. The smallest absolute Gasteiger partial charge is 0.221 e. The van der Waals surface area contributed by atoms with E-state index in [1.165, 1.54) is 25.7 Å². The molecule has 18 heavy (non-hydrogen) atoms. The van der Waals surface area contributed by atoms with Crippen molar-refractivity contribution in [1.82, 2.24) is 16.0 Å². The molecule has 1 aliphatic rings. The van der Waals surface area contributed by atoms with Gasteiger partial charge in [-0.25, -0.2) is 0 Å². The van der Waals surface area contributed by atoms with Gasteiger partial charge < -0.3 is 16.0 Å². The van der Waals surface area contributed by atoms with Gasteiger partial charge in [-0.15, -0.1) is 0 Å². The molecule has 0 heterocycles. The van der Waals surface area contributed by atoms with E-state index < -0.39 is 0 Å². The van der Waals surface area contributed by atoms with Gasteiger partial charge in [-0.1, -0.05) is 26.7 Å². The van der Waals surface area contributed by atoms with Gasteiger partial charge in [-0.2, -0.15) is 0 Å². The van der Waals surface area contributed by atoms with Crippen molar-refractivity contribution in [2.45, 2.75) is 52.0 Å². The Balaban J connectivity index is 2.02. The molecule has 4 nitrogen and oxygen atoms in total. The first-order valence-corrected chi connectivity index (χ1v) is 7.30. The zero-order chi connectivity index (χ0) is 13.4. The number of carbonyl (C=O) groups excluding carboxylic acids is 1. The summed E-state index contributed by atoms with van der Waals surface area (Å²) in [6.07, 6.45) is 5.46. The second-order valence-corrected chi connectivity index (χ2v) is 5.74. The molecule has 5 heteroatoms. The van der Waals surface area contributed by atoms with Crippen LogP contribution in [-0.4, -0.2) is 30.2 Å². The highest BCUT2D eigenvalue weighted by atomic mass is 32.1. The average molecular weight is 271 g/mol. The summed E-state index contributed by atoms with van der Waals surface area (Å²) in [7, 11) is 0. The molecule has 0 aliphatic heterocycles. The molecule has 0 spiro atoms. The maximum absolute atomic E-state index is 11.5. The van der Waals surface area contributed by atoms with Crippen molar-refractivity contribution in [1.29, 1.82) is 0 Å². The van der Waals surface area contributed by atoms with Crippen LogP contribution in [0.2, 0.25) is 0 Å². The Morgan fingerprint density at radius 2 is 1.94 bits per heavy atom. The number of amides is 1. The SMILES string of the molecule is CC(C)CNC(=O)CCNC(=S)NC1CCCC1. The highest BCUT2D eigenvalue weighted by Gasteiger charge is 2.15. The van der Waals surface area contributed by atoms with Crippen LogP contribution in [0.4, 0.5) is 0 Å². The molecule has 0 radical (unpaired) electrons. The Morgan fingerprint density at radius 1 is 1.28 bits per heavy atom. The third-order valence-electron chi connectivity index (χ3n) is 3.04. The van der Waals surface area contributed by atoms with Gasteiger partial charge in [-0.3, -0.25) is 4.79 Å². The van der Waals surface area contributed by atoms with Gasteiger partial charge in [0.2, 0.25) is 5.91 Å². The maximum atomic E-state index is 11.5. The molecule has 1 fully saturated rings. The molecule has 1 rings (SSSR count). The number of hydrogen-bond donors (Lipinski definition) is 3. The minimum absolute atomic E-state index is 0.0832. The van der Waals surface area contributed by atoms with Crippen molar-refractivity contribution in [2.24, 2.45) is 5.92 Å². The summed E-state index contributed by atoms with van der Waals surface area (Å²) in [5.41, 5.74) is 0. The van der Waals surface area contributed by atoms with Crippen LogP contribution in [0.25, 0.3) is 0 Å². The largest absolute Gasteiger partial charge is 0.362 e. The van der Waals surface area contributed by atoms with Crippen molar-refractivity contribution in [3.63, 3.8) is 0 Å². The molecule has 0 unspecified atom stereocenters. The standard InChI is InChI=1S/C13H25N3OS/c1-10(2)9-15-12(17)7-8-14-13(18)16-11-5-3-4-6-11/h10-11H,3-9H2,1-2H3,(H,15,17)(H2,14,16,18). The monoisotopic (exact) mass is 271 g/mol. The highest BCUT2D eigenvalue weighted by Crippen LogP contribution is 2.17. The molecule has 3 N–H and O–H groups in total. The van der Waals surface area contributed by atoms with E-state index in [9.17, 15) is 4.79 Å². The van der Waals surface area contributed by atoms with Gasteiger partial charge >= 0.3 is 0 Å². The van der Waals surface area contributed by atoms with Crippen LogP contribution < -0.4 is 16.0 Å². The van der Waals surface area contributed by atoms with Gasteiger partial charge in [0.25, 0.3) is 0 Å². The van der Waals surface area contributed by atoms with Crippen molar-refractivity contribution in [2.75, 3.05) is 13.1 Å². The average Bonchev–Trinajstić information content (AvgIpc) is 2.79. The van der Waals surface area contributed by atoms with Crippen LogP contribution in [0.5, 0.6) is 0 Å². The minimum atomic E-state index is 0.0832. The number of rotatable bonds is 6. The van der Waals surface area contributed by atoms with E-state index >= 15 is 0 Å². The molecule has 0 aromatic heterocycles. The van der Waals surface area contributed by atoms with E-state index in [1.54, 1.807) is 0 Å². The first-order valence-electron chi connectivity index (χ1n) is 6.89. The fraction of sp³-hybridized carbons (Fsp3) is 0.846. The first kappa shape index (κ1) is 15.2. The summed E-state index contributed by atoms with van der Waals surface area (Å²) in [5, 5.41) is 9.94. The van der Waals surface area contributed by atoms with Crippen molar-refractivity contribution >= 4 is 23.2 Å². The van der Waals surface area contributed by atoms with E-state index in [-0.39, 0.29) is 5.91 Å². The van der Waals surface area contributed by atoms with Gasteiger partial charge in [-0.05, 0) is 31.0 Å². The summed E-state index contributed by atoms with van der Waals surface area (Å²) in [6, 6.07) is 0.528. The Labute approximate surface area is 115 Å². The topological polar surface area (TPSA) is 53.2 Å². The lowest BCUT2D eigenvalue weighted by atomic mass is 10.2.